The molecule has 0 heterocycles. The summed E-state index contributed by atoms with van der Waals surface area (Å²) in [6.07, 6.45) is 0. The first-order valence-corrected chi connectivity index (χ1v) is 11.4. The maximum absolute atomic E-state index is 11.7. The zero-order chi connectivity index (χ0) is 16.4. The molecule has 0 spiro atoms. The fraction of sp³-hybridized carbons (Fsp3) is 0.0909. The molecule has 24 heavy (non-hydrogen) atoms. The van der Waals surface area contributed by atoms with E-state index in [2.05, 4.69) is 84.9 Å². The third-order valence-electron chi connectivity index (χ3n) is 4.69. The van der Waals surface area contributed by atoms with Crippen molar-refractivity contribution in [1.29, 1.82) is 0 Å². The van der Waals surface area contributed by atoms with Gasteiger partial charge in [0, 0.05) is 0 Å². The molecule has 2 heteroatoms. The van der Waals surface area contributed by atoms with E-state index in [4.69, 9.17) is 0 Å². The summed E-state index contributed by atoms with van der Waals surface area (Å²) in [5, 5.41) is 5.03. The molecule has 115 valence electrons. The van der Waals surface area contributed by atoms with Crippen LogP contribution in [0.15, 0.2) is 84.9 Å². The Morgan fingerprint density at radius 1 is 0.625 bits per heavy atom. The molecule has 0 bridgehead atoms. The molecule has 0 aliphatic carbocycles. The summed E-state index contributed by atoms with van der Waals surface area (Å²) < 4.78 is 12.5. The summed E-state index contributed by atoms with van der Waals surface area (Å²) >= 11 is -1.58. The van der Waals surface area contributed by atoms with Crippen molar-refractivity contribution in [3.05, 3.63) is 96.1 Å². The second-order valence-electron chi connectivity index (χ2n) is 6.04. The van der Waals surface area contributed by atoms with Crippen LogP contribution in [0.25, 0.3) is 21.5 Å². The Hall–Kier alpha value is -2.00. The van der Waals surface area contributed by atoms with Crippen molar-refractivity contribution < 1.29 is 3.08 Å². The number of hydrogen-bond acceptors (Lipinski definition) is 1. The first kappa shape index (κ1) is 15.5. The minimum atomic E-state index is -1.58. The van der Waals surface area contributed by atoms with Crippen molar-refractivity contribution in [2.45, 2.75) is 10.4 Å². The van der Waals surface area contributed by atoms with Crippen molar-refractivity contribution in [2.75, 3.05) is 0 Å². The van der Waals surface area contributed by atoms with E-state index in [1.165, 1.54) is 32.7 Å². The first-order chi connectivity index (χ1) is 11.9. The minimum absolute atomic E-state index is 0.200. The van der Waals surface area contributed by atoms with E-state index in [1.54, 1.807) is 0 Å². The van der Waals surface area contributed by atoms with Crippen molar-refractivity contribution in [1.82, 2.24) is 0 Å². The van der Waals surface area contributed by atoms with Gasteiger partial charge in [0.1, 0.15) is 0 Å². The maximum atomic E-state index is 11.7. The van der Waals surface area contributed by atoms with E-state index in [1.807, 2.05) is 0 Å². The van der Waals surface area contributed by atoms with Crippen molar-refractivity contribution in [2.24, 2.45) is 0 Å². The molecule has 0 unspecified atom stereocenters. The summed E-state index contributed by atoms with van der Waals surface area (Å²) in [5.41, 5.74) is 2.59. The van der Waals surface area contributed by atoms with Crippen LogP contribution in [-0.4, -0.2) is 21.1 Å². The van der Waals surface area contributed by atoms with Gasteiger partial charge in [0.15, 0.2) is 0 Å². The Balaban J connectivity index is 1.98. The summed E-state index contributed by atoms with van der Waals surface area (Å²) in [7, 11) is 0. The van der Waals surface area contributed by atoms with Crippen LogP contribution in [0.5, 0.6) is 0 Å². The molecular formula is C22H17OSn. The fourth-order valence-corrected chi connectivity index (χ4v) is 5.31. The number of fused-ring (bicyclic) bond motifs is 2. The van der Waals surface area contributed by atoms with Gasteiger partial charge in [-0.15, -0.1) is 0 Å². The standard InChI is InChI=1S/C22H17.O.Sn/c1-16(19-14-6-10-17-8-2-4-12-21(17)19)20-15-7-11-18-9-3-5-13-22(18)20;;/h2-16H,1H2;;. The van der Waals surface area contributed by atoms with Crippen LogP contribution in [0, 0.1) is 0 Å². The fourth-order valence-electron chi connectivity index (χ4n) is 3.58. The van der Waals surface area contributed by atoms with Crippen LogP contribution in [0.4, 0.5) is 0 Å². The number of hydrogen-bond donors (Lipinski definition) is 0. The van der Waals surface area contributed by atoms with Crippen molar-refractivity contribution in [3.8, 4) is 0 Å². The summed E-state index contributed by atoms with van der Waals surface area (Å²) in [4.78, 5) is 0. The molecule has 4 aromatic carbocycles. The van der Waals surface area contributed by atoms with Gasteiger partial charge in [0.25, 0.3) is 0 Å². The molecule has 0 aliphatic rings. The summed E-state index contributed by atoms with van der Waals surface area (Å²) in [5.74, 6) is 0.200. The first-order valence-electron chi connectivity index (χ1n) is 8.19. The molecule has 4 rings (SSSR count). The second kappa shape index (κ2) is 6.86. The Morgan fingerprint density at radius 2 is 1.08 bits per heavy atom. The summed E-state index contributed by atoms with van der Waals surface area (Å²) in [6, 6.07) is 29.9. The Morgan fingerprint density at radius 3 is 1.58 bits per heavy atom. The Kier molecular flexibility index (Phi) is 4.43. The molecule has 0 amide bonds. The van der Waals surface area contributed by atoms with Crippen LogP contribution >= 0.6 is 0 Å². The van der Waals surface area contributed by atoms with Gasteiger partial charge in [0.05, 0.1) is 0 Å². The van der Waals surface area contributed by atoms with Crippen molar-refractivity contribution in [3.63, 3.8) is 0 Å². The molecule has 0 aromatic heterocycles. The molecular weight excluding hydrogens is 399 g/mol. The third kappa shape index (κ3) is 2.78. The van der Waals surface area contributed by atoms with Gasteiger partial charge in [-0.25, -0.2) is 0 Å². The van der Waals surface area contributed by atoms with E-state index >= 15 is 0 Å². The van der Waals surface area contributed by atoms with Gasteiger partial charge in [-0.1, -0.05) is 0 Å². The van der Waals surface area contributed by atoms with E-state index in [0.717, 1.165) is 4.44 Å². The molecule has 0 saturated heterocycles. The molecule has 1 radical (unpaired) electrons. The van der Waals surface area contributed by atoms with Crippen LogP contribution in [0.1, 0.15) is 17.0 Å². The molecule has 4 aromatic rings. The normalized spacial score (nSPS) is 11.2. The average molecular weight is 416 g/mol. The molecule has 0 fully saturated rings. The van der Waals surface area contributed by atoms with Crippen molar-refractivity contribution >= 4 is 42.7 Å². The van der Waals surface area contributed by atoms with E-state index in [9.17, 15) is 3.08 Å². The van der Waals surface area contributed by atoms with Crippen LogP contribution in [-0.2, 0) is 3.08 Å². The monoisotopic (exact) mass is 417 g/mol. The average Bonchev–Trinajstić information content (AvgIpc) is 2.65. The van der Waals surface area contributed by atoms with E-state index < -0.39 is 21.1 Å². The molecule has 0 atom stereocenters. The van der Waals surface area contributed by atoms with Crippen LogP contribution in [0.3, 0.4) is 0 Å². The Labute approximate surface area is 151 Å². The number of rotatable bonds is 4. The van der Waals surface area contributed by atoms with E-state index in [0.29, 0.717) is 0 Å². The van der Waals surface area contributed by atoms with Gasteiger partial charge >= 0.3 is 152 Å². The van der Waals surface area contributed by atoms with Gasteiger partial charge in [-0.05, 0) is 0 Å². The van der Waals surface area contributed by atoms with Gasteiger partial charge in [0.2, 0.25) is 0 Å². The van der Waals surface area contributed by atoms with E-state index in [-0.39, 0.29) is 5.92 Å². The van der Waals surface area contributed by atoms with Gasteiger partial charge in [-0.3, -0.25) is 0 Å². The molecule has 1 nitrogen and oxygen atoms in total. The summed E-state index contributed by atoms with van der Waals surface area (Å²) in [6.45, 7) is 0. The van der Waals surface area contributed by atoms with Gasteiger partial charge < -0.3 is 0 Å². The zero-order valence-corrected chi connectivity index (χ0v) is 16.1. The zero-order valence-electron chi connectivity index (χ0n) is 13.3. The van der Waals surface area contributed by atoms with Gasteiger partial charge in [-0.2, -0.15) is 0 Å². The van der Waals surface area contributed by atoms with Crippen LogP contribution < -0.4 is 0 Å². The molecule has 0 saturated carbocycles. The predicted octanol–water partition coefficient (Wildman–Crippen LogP) is 5.59. The molecule has 0 aliphatic heterocycles. The Bertz CT molecular complexity index is 932. The molecule has 0 N–H and O–H groups in total. The predicted molar refractivity (Wildman–Crippen MR) is 101 cm³/mol. The second-order valence-corrected chi connectivity index (χ2v) is 8.03. The van der Waals surface area contributed by atoms with Crippen LogP contribution in [0.2, 0.25) is 4.44 Å². The topological polar surface area (TPSA) is 17.1 Å². The quantitative estimate of drug-likeness (QED) is 0.397. The third-order valence-corrected chi connectivity index (χ3v) is 6.33. The number of benzene rings is 4. The SMILES string of the molecule is [O]=[Sn][CH2]C(c1cccc2ccccc12)c1cccc2ccccc12.